The molecule has 2 rings (SSSR count). The van der Waals surface area contributed by atoms with E-state index in [0.29, 0.717) is 12.0 Å². The van der Waals surface area contributed by atoms with Gasteiger partial charge in [-0.1, -0.05) is 13.8 Å². The van der Waals surface area contributed by atoms with Crippen LogP contribution in [0.1, 0.15) is 31.6 Å². The summed E-state index contributed by atoms with van der Waals surface area (Å²) >= 11 is 0. The molecule has 1 aromatic rings. The van der Waals surface area contributed by atoms with Gasteiger partial charge in [-0.25, -0.2) is 0 Å². The van der Waals surface area contributed by atoms with Crippen molar-refractivity contribution in [3.63, 3.8) is 0 Å². The van der Waals surface area contributed by atoms with Crippen LogP contribution in [0.15, 0.2) is 16.7 Å². The quantitative estimate of drug-likeness (QED) is 0.857. The molecule has 0 radical (unpaired) electrons. The van der Waals surface area contributed by atoms with E-state index in [9.17, 15) is 0 Å². The van der Waals surface area contributed by atoms with Gasteiger partial charge < -0.3 is 14.5 Å². The second-order valence-corrected chi connectivity index (χ2v) is 5.48. The molecule has 0 aromatic carbocycles. The number of methoxy groups -OCH3 is 1. The first-order chi connectivity index (χ1) is 9.22. The van der Waals surface area contributed by atoms with Crippen molar-refractivity contribution in [2.75, 3.05) is 26.7 Å². The fraction of sp³-hybridized carbons (Fsp3) is 0.733. The average Bonchev–Trinajstić information content (AvgIpc) is 2.86. The van der Waals surface area contributed by atoms with Crippen molar-refractivity contribution in [2.24, 2.45) is 5.92 Å². The summed E-state index contributed by atoms with van der Waals surface area (Å²) in [6.07, 6.45) is 3.41. The summed E-state index contributed by atoms with van der Waals surface area (Å²) in [6, 6.07) is 2.16. The van der Waals surface area contributed by atoms with Crippen molar-refractivity contribution in [1.29, 1.82) is 0 Å². The van der Waals surface area contributed by atoms with E-state index in [4.69, 9.17) is 9.15 Å². The molecule has 0 spiro atoms. The first kappa shape index (κ1) is 14.6. The minimum absolute atomic E-state index is 0.352. The zero-order chi connectivity index (χ0) is 13.7. The summed E-state index contributed by atoms with van der Waals surface area (Å²) in [5.74, 6) is 1.71. The van der Waals surface area contributed by atoms with Crippen molar-refractivity contribution >= 4 is 0 Å². The van der Waals surface area contributed by atoms with E-state index in [1.165, 1.54) is 12.0 Å². The third-order valence-corrected chi connectivity index (χ3v) is 3.94. The van der Waals surface area contributed by atoms with Crippen LogP contribution in [0, 0.1) is 5.92 Å². The lowest BCUT2D eigenvalue weighted by Gasteiger charge is -2.35. The highest BCUT2D eigenvalue weighted by Crippen LogP contribution is 2.21. The predicted octanol–water partition coefficient (Wildman–Crippen LogP) is 2.25. The van der Waals surface area contributed by atoms with Gasteiger partial charge in [0.1, 0.15) is 5.76 Å². The summed E-state index contributed by atoms with van der Waals surface area (Å²) in [5.41, 5.74) is 1.23. The maximum absolute atomic E-state index is 5.64. The van der Waals surface area contributed by atoms with Gasteiger partial charge in [0.2, 0.25) is 0 Å². The Morgan fingerprint density at radius 3 is 3.11 bits per heavy atom. The van der Waals surface area contributed by atoms with Crippen molar-refractivity contribution in [3.05, 3.63) is 23.7 Å². The Morgan fingerprint density at radius 1 is 1.53 bits per heavy atom. The third kappa shape index (κ3) is 4.06. The van der Waals surface area contributed by atoms with Crippen molar-refractivity contribution < 1.29 is 9.15 Å². The van der Waals surface area contributed by atoms with Crippen LogP contribution in [-0.4, -0.2) is 37.7 Å². The second kappa shape index (κ2) is 7.08. The maximum Gasteiger partial charge on any atom is 0.118 e. The number of ether oxygens (including phenoxy) is 1. The lowest BCUT2D eigenvalue weighted by Crippen LogP contribution is -2.43. The highest BCUT2D eigenvalue weighted by Gasteiger charge is 2.26. The van der Waals surface area contributed by atoms with Crippen LogP contribution in [0.5, 0.6) is 0 Å². The van der Waals surface area contributed by atoms with E-state index in [1.54, 1.807) is 0 Å². The van der Waals surface area contributed by atoms with E-state index >= 15 is 0 Å². The standard InChI is InChI=1S/C15H26N2O2/c1-4-16-8-13-7-14(19-11-13)9-17-6-5-12(2)15(10-17)18-3/h7,11-12,15-16H,4-6,8-10H2,1-3H3. The van der Waals surface area contributed by atoms with Crippen LogP contribution in [0.25, 0.3) is 0 Å². The summed E-state index contributed by atoms with van der Waals surface area (Å²) in [7, 11) is 1.81. The molecule has 1 aromatic heterocycles. The Kier molecular flexibility index (Phi) is 5.43. The average molecular weight is 266 g/mol. The smallest absolute Gasteiger partial charge is 0.118 e. The van der Waals surface area contributed by atoms with Gasteiger partial charge in [0.25, 0.3) is 0 Å². The molecule has 0 saturated carbocycles. The molecular weight excluding hydrogens is 240 g/mol. The summed E-state index contributed by atoms with van der Waals surface area (Å²) in [4.78, 5) is 2.42. The van der Waals surface area contributed by atoms with Gasteiger partial charge >= 0.3 is 0 Å². The zero-order valence-corrected chi connectivity index (χ0v) is 12.3. The fourth-order valence-corrected chi connectivity index (χ4v) is 2.64. The van der Waals surface area contributed by atoms with E-state index < -0.39 is 0 Å². The Bertz CT molecular complexity index is 378. The van der Waals surface area contributed by atoms with E-state index in [-0.39, 0.29) is 0 Å². The lowest BCUT2D eigenvalue weighted by atomic mass is 9.96. The molecule has 2 atom stereocenters. The normalized spacial score (nSPS) is 24.8. The molecule has 2 heterocycles. The molecule has 0 bridgehead atoms. The number of furan rings is 1. The van der Waals surface area contributed by atoms with Gasteiger partial charge in [-0.2, -0.15) is 0 Å². The van der Waals surface area contributed by atoms with Crippen LogP contribution in [0.3, 0.4) is 0 Å². The first-order valence-corrected chi connectivity index (χ1v) is 7.25. The number of nitrogens with zero attached hydrogens (tertiary/aromatic N) is 1. The van der Waals surface area contributed by atoms with Gasteiger partial charge in [0.05, 0.1) is 18.9 Å². The number of nitrogens with one attached hydrogen (secondary N) is 1. The SMILES string of the molecule is CCNCc1coc(CN2CCC(C)C(OC)C2)c1. The zero-order valence-electron chi connectivity index (χ0n) is 12.3. The lowest BCUT2D eigenvalue weighted by molar-refractivity contribution is -0.00916. The van der Waals surface area contributed by atoms with Crippen LogP contribution in [0.4, 0.5) is 0 Å². The van der Waals surface area contributed by atoms with Gasteiger partial charge in [-0.3, -0.25) is 4.90 Å². The first-order valence-electron chi connectivity index (χ1n) is 7.25. The number of hydrogen-bond donors (Lipinski definition) is 1. The molecule has 19 heavy (non-hydrogen) atoms. The Labute approximate surface area is 116 Å². The largest absolute Gasteiger partial charge is 0.468 e. The molecule has 1 N–H and O–H groups in total. The summed E-state index contributed by atoms with van der Waals surface area (Å²) in [5, 5.41) is 3.31. The van der Waals surface area contributed by atoms with Crippen LogP contribution in [0.2, 0.25) is 0 Å². The topological polar surface area (TPSA) is 37.6 Å². The molecule has 108 valence electrons. The molecule has 1 aliphatic rings. The molecule has 0 aliphatic carbocycles. The highest BCUT2D eigenvalue weighted by atomic mass is 16.5. The van der Waals surface area contributed by atoms with E-state index in [1.807, 2.05) is 13.4 Å². The molecule has 1 saturated heterocycles. The fourth-order valence-electron chi connectivity index (χ4n) is 2.64. The Balaban J connectivity index is 1.85. The van der Waals surface area contributed by atoms with Crippen LogP contribution in [-0.2, 0) is 17.8 Å². The summed E-state index contributed by atoms with van der Waals surface area (Å²) < 4.78 is 11.2. The van der Waals surface area contributed by atoms with Gasteiger partial charge in [0, 0.05) is 25.8 Å². The number of piperidine rings is 1. The van der Waals surface area contributed by atoms with Crippen molar-refractivity contribution in [3.8, 4) is 0 Å². The van der Waals surface area contributed by atoms with E-state index in [0.717, 1.165) is 38.5 Å². The summed E-state index contributed by atoms with van der Waals surface area (Å²) in [6.45, 7) is 9.27. The molecule has 2 unspecified atom stereocenters. The molecule has 4 heteroatoms. The number of likely N-dealkylation sites (tertiary alicyclic amines) is 1. The third-order valence-electron chi connectivity index (χ3n) is 3.94. The van der Waals surface area contributed by atoms with Gasteiger partial charge in [-0.05, 0) is 31.5 Å². The number of hydrogen-bond acceptors (Lipinski definition) is 4. The number of rotatable bonds is 6. The van der Waals surface area contributed by atoms with Crippen molar-refractivity contribution in [1.82, 2.24) is 10.2 Å². The molecular formula is C15H26N2O2. The minimum atomic E-state index is 0.352. The molecule has 4 nitrogen and oxygen atoms in total. The van der Waals surface area contributed by atoms with Gasteiger partial charge in [0.15, 0.2) is 0 Å². The van der Waals surface area contributed by atoms with Crippen LogP contribution >= 0.6 is 0 Å². The molecule has 0 amide bonds. The maximum atomic E-state index is 5.64. The Morgan fingerprint density at radius 2 is 2.37 bits per heavy atom. The van der Waals surface area contributed by atoms with Crippen LogP contribution < -0.4 is 5.32 Å². The monoisotopic (exact) mass is 266 g/mol. The second-order valence-electron chi connectivity index (χ2n) is 5.48. The minimum Gasteiger partial charge on any atom is -0.468 e. The van der Waals surface area contributed by atoms with E-state index in [2.05, 4.69) is 30.1 Å². The molecule has 1 fully saturated rings. The molecule has 1 aliphatic heterocycles. The van der Waals surface area contributed by atoms with Crippen molar-refractivity contribution in [2.45, 2.75) is 39.5 Å². The van der Waals surface area contributed by atoms with Gasteiger partial charge in [-0.15, -0.1) is 0 Å². The predicted molar refractivity (Wildman–Crippen MR) is 75.9 cm³/mol. The highest BCUT2D eigenvalue weighted by molar-refractivity contribution is 5.12. The Hall–Kier alpha value is -0.840.